The second-order valence-corrected chi connectivity index (χ2v) is 6.07. The number of alkyl halides is 2. The largest absolute Gasteiger partial charge is 0.345 e. The molecule has 1 unspecified atom stereocenters. The molecule has 8 heteroatoms. The fourth-order valence-corrected chi connectivity index (χ4v) is 3.12. The third-order valence-corrected chi connectivity index (χ3v) is 4.25. The number of rotatable bonds is 1. The van der Waals surface area contributed by atoms with Gasteiger partial charge in [0.15, 0.2) is 5.82 Å². The van der Waals surface area contributed by atoms with E-state index in [-0.39, 0.29) is 22.8 Å². The van der Waals surface area contributed by atoms with Crippen molar-refractivity contribution >= 4 is 29.0 Å². The molecule has 114 valence electrons. The highest BCUT2D eigenvalue weighted by Gasteiger charge is 2.46. The van der Waals surface area contributed by atoms with E-state index in [2.05, 4.69) is 22.2 Å². The zero-order chi connectivity index (χ0) is 15.2. The van der Waals surface area contributed by atoms with Gasteiger partial charge in [-0.15, -0.1) is 0 Å². The summed E-state index contributed by atoms with van der Waals surface area (Å²) < 4.78 is 28.0. The van der Waals surface area contributed by atoms with Gasteiger partial charge in [-0.2, -0.15) is 13.8 Å². The van der Waals surface area contributed by atoms with Gasteiger partial charge in [0.1, 0.15) is 5.69 Å². The molecular weight excluding hydrogens is 302 g/mol. The molecule has 2 heterocycles. The minimum Gasteiger partial charge on any atom is -0.345 e. The van der Waals surface area contributed by atoms with Gasteiger partial charge in [-0.25, -0.2) is 4.98 Å². The minimum absolute atomic E-state index is 0.0238. The van der Waals surface area contributed by atoms with E-state index in [1.165, 1.54) is 11.1 Å². The van der Waals surface area contributed by atoms with Crippen LogP contribution in [-0.4, -0.2) is 34.4 Å². The molecule has 3 rings (SSSR count). The van der Waals surface area contributed by atoms with E-state index in [0.29, 0.717) is 5.92 Å². The van der Waals surface area contributed by atoms with Crippen molar-refractivity contribution in [3.8, 4) is 0 Å². The van der Waals surface area contributed by atoms with Crippen LogP contribution in [0.2, 0.25) is 5.28 Å². The Labute approximate surface area is 125 Å². The molecule has 21 heavy (non-hydrogen) atoms. The molecule has 1 N–H and O–H groups in total. The molecule has 1 aromatic rings. The summed E-state index contributed by atoms with van der Waals surface area (Å²) in [6.07, 6.45) is 3.84. The monoisotopic (exact) mass is 316 g/mol. The van der Waals surface area contributed by atoms with Crippen LogP contribution in [0.25, 0.3) is 0 Å². The maximum absolute atomic E-state index is 14.0. The van der Waals surface area contributed by atoms with Crippen LogP contribution < -0.4 is 10.2 Å². The summed E-state index contributed by atoms with van der Waals surface area (Å²) in [7, 11) is 0. The zero-order valence-corrected chi connectivity index (χ0v) is 12.2. The predicted octanol–water partition coefficient (Wildman–Crippen LogP) is 2.71. The summed E-state index contributed by atoms with van der Waals surface area (Å²) in [6.45, 7) is 1.41. The molecule has 0 aromatic carbocycles. The summed E-state index contributed by atoms with van der Waals surface area (Å²) >= 11 is 5.79. The Balaban J connectivity index is 2.04. The van der Waals surface area contributed by atoms with Gasteiger partial charge in [0.05, 0.1) is 12.7 Å². The number of hydrogen-bond acceptors (Lipinski definition) is 4. The summed E-state index contributed by atoms with van der Waals surface area (Å²) in [6, 6.07) is -0.0664. The van der Waals surface area contributed by atoms with Crippen molar-refractivity contribution in [1.82, 2.24) is 9.97 Å². The standard InChI is InChI=1S/C13H15ClF2N4O/c1-7-2-3-8(4-7)20-6-13(15,16)11(21)18-9-5-17-12(14)19-10(9)20/h5,7-8H,2-4,6H2,1H3,(H,18,21)/t7-,8?/m1/s1. The number of hydrogen-bond donors (Lipinski definition) is 1. The first-order valence-corrected chi connectivity index (χ1v) is 7.23. The average Bonchev–Trinajstić information content (AvgIpc) is 2.80. The molecule has 0 radical (unpaired) electrons. The fraction of sp³-hybridized carbons (Fsp3) is 0.615. The molecule has 1 amide bonds. The SMILES string of the molecule is C[C@@H]1CCC(N2CC(F)(F)C(=O)Nc3cnc(Cl)nc32)C1. The molecule has 0 bridgehead atoms. The number of carbonyl (C=O) groups excluding carboxylic acids is 1. The number of amides is 1. The van der Waals surface area contributed by atoms with Crippen molar-refractivity contribution < 1.29 is 13.6 Å². The van der Waals surface area contributed by atoms with Crippen molar-refractivity contribution in [3.63, 3.8) is 0 Å². The summed E-state index contributed by atoms with van der Waals surface area (Å²) in [5.41, 5.74) is 0.182. The Bertz CT molecular complexity index is 583. The maximum atomic E-state index is 14.0. The first kappa shape index (κ1) is 14.4. The molecule has 1 fully saturated rings. The lowest BCUT2D eigenvalue weighted by atomic mass is 10.1. The lowest BCUT2D eigenvalue weighted by Crippen LogP contribution is -2.46. The average molecular weight is 317 g/mol. The number of fused-ring (bicyclic) bond motifs is 1. The van der Waals surface area contributed by atoms with Crippen LogP contribution in [0, 0.1) is 5.92 Å². The van der Waals surface area contributed by atoms with Gasteiger partial charge >= 0.3 is 5.92 Å². The number of carbonyl (C=O) groups is 1. The van der Waals surface area contributed by atoms with E-state index in [4.69, 9.17) is 11.6 Å². The van der Waals surface area contributed by atoms with Gasteiger partial charge < -0.3 is 10.2 Å². The molecule has 1 aliphatic carbocycles. The third kappa shape index (κ3) is 2.66. The Kier molecular flexibility index (Phi) is 3.47. The quantitative estimate of drug-likeness (QED) is 0.809. The minimum atomic E-state index is -3.47. The molecule has 1 aliphatic heterocycles. The summed E-state index contributed by atoms with van der Waals surface area (Å²) in [4.78, 5) is 21.0. The molecule has 2 aliphatic rings. The van der Waals surface area contributed by atoms with Crippen molar-refractivity contribution in [2.45, 2.75) is 38.2 Å². The van der Waals surface area contributed by atoms with Gasteiger partial charge in [0, 0.05) is 6.04 Å². The topological polar surface area (TPSA) is 58.1 Å². The normalized spacial score (nSPS) is 28.0. The van der Waals surface area contributed by atoms with Crippen LogP contribution in [0.4, 0.5) is 20.3 Å². The van der Waals surface area contributed by atoms with Crippen molar-refractivity contribution in [2.24, 2.45) is 5.92 Å². The molecule has 5 nitrogen and oxygen atoms in total. The van der Waals surface area contributed by atoms with Gasteiger partial charge in [-0.05, 0) is 36.8 Å². The molecule has 2 atom stereocenters. The molecule has 0 spiro atoms. The van der Waals surface area contributed by atoms with Gasteiger partial charge in [-0.1, -0.05) is 6.92 Å². The van der Waals surface area contributed by atoms with Gasteiger partial charge in [0.25, 0.3) is 5.91 Å². The van der Waals surface area contributed by atoms with Gasteiger partial charge in [-0.3, -0.25) is 4.79 Å². The van der Waals surface area contributed by atoms with E-state index in [0.717, 1.165) is 19.3 Å². The Hall–Kier alpha value is -1.50. The van der Waals surface area contributed by atoms with Crippen LogP contribution in [-0.2, 0) is 4.79 Å². The smallest absolute Gasteiger partial charge is 0.341 e. The number of anilines is 2. The lowest BCUT2D eigenvalue weighted by molar-refractivity contribution is -0.138. The molecule has 1 aromatic heterocycles. The Morgan fingerprint density at radius 2 is 2.24 bits per heavy atom. The Morgan fingerprint density at radius 1 is 1.48 bits per heavy atom. The first-order chi connectivity index (χ1) is 9.87. The number of nitrogens with one attached hydrogen (secondary N) is 1. The molecule has 1 saturated carbocycles. The lowest BCUT2D eigenvalue weighted by Gasteiger charge is -2.31. The van der Waals surface area contributed by atoms with Crippen molar-refractivity contribution in [3.05, 3.63) is 11.5 Å². The third-order valence-electron chi connectivity index (χ3n) is 4.07. The highest BCUT2D eigenvalue weighted by atomic mass is 35.5. The maximum Gasteiger partial charge on any atom is 0.341 e. The predicted molar refractivity (Wildman–Crippen MR) is 74.8 cm³/mol. The summed E-state index contributed by atoms with van der Waals surface area (Å²) in [5, 5.41) is 2.17. The van der Waals surface area contributed by atoms with Crippen LogP contribution in [0.15, 0.2) is 6.20 Å². The van der Waals surface area contributed by atoms with Crippen molar-refractivity contribution in [2.75, 3.05) is 16.8 Å². The number of nitrogens with zero attached hydrogens (tertiary/aromatic N) is 3. The van der Waals surface area contributed by atoms with Crippen molar-refractivity contribution in [1.29, 1.82) is 0 Å². The highest BCUT2D eigenvalue weighted by Crippen LogP contribution is 2.38. The zero-order valence-electron chi connectivity index (χ0n) is 11.4. The highest BCUT2D eigenvalue weighted by molar-refractivity contribution is 6.28. The first-order valence-electron chi connectivity index (χ1n) is 6.85. The van der Waals surface area contributed by atoms with E-state index in [1.807, 2.05) is 0 Å². The fourth-order valence-electron chi connectivity index (χ4n) is 3.00. The van der Waals surface area contributed by atoms with Crippen LogP contribution >= 0.6 is 11.6 Å². The Morgan fingerprint density at radius 3 is 2.90 bits per heavy atom. The molecule has 0 saturated heterocycles. The van der Waals surface area contributed by atoms with E-state index in [9.17, 15) is 13.6 Å². The van der Waals surface area contributed by atoms with Crippen LogP contribution in [0.1, 0.15) is 26.2 Å². The number of halogens is 3. The number of aromatic nitrogens is 2. The van der Waals surface area contributed by atoms with Crippen LogP contribution in [0.5, 0.6) is 0 Å². The van der Waals surface area contributed by atoms with E-state index >= 15 is 0 Å². The summed E-state index contributed by atoms with van der Waals surface area (Å²) in [5.74, 6) is -4.06. The van der Waals surface area contributed by atoms with E-state index < -0.39 is 18.4 Å². The second-order valence-electron chi connectivity index (χ2n) is 5.73. The van der Waals surface area contributed by atoms with Crippen LogP contribution in [0.3, 0.4) is 0 Å². The van der Waals surface area contributed by atoms with Gasteiger partial charge in [0.2, 0.25) is 5.28 Å². The van der Waals surface area contributed by atoms with E-state index in [1.54, 1.807) is 0 Å². The second kappa shape index (κ2) is 5.05. The molecular formula is C13H15ClF2N4O.